The molecular formula is C60H54N4OPt. The molecule has 0 aliphatic heterocycles. The predicted molar refractivity (Wildman–Crippen MR) is 269 cm³/mol. The van der Waals surface area contributed by atoms with Gasteiger partial charge < -0.3 is 0 Å². The number of hydrogen-bond donors (Lipinski definition) is 0. The number of imidazole rings is 1. The van der Waals surface area contributed by atoms with Gasteiger partial charge in [0.1, 0.15) is 0 Å². The second kappa shape index (κ2) is 16.4. The molecule has 1 aliphatic carbocycles. The van der Waals surface area contributed by atoms with Crippen molar-refractivity contribution in [1.29, 1.82) is 0 Å². The van der Waals surface area contributed by atoms with E-state index >= 15 is 0 Å². The van der Waals surface area contributed by atoms with E-state index in [4.69, 9.17) is 15.2 Å². The number of rotatable bonds is 7. The molecule has 0 fully saturated rings. The Morgan fingerprint density at radius 3 is 1.94 bits per heavy atom. The number of nitrogens with zero attached hydrogens (tertiary/aromatic N) is 4. The van der Waals surface area contributed by atoms with E-state index in [9.17, 15) is 0 Å². The van der Waals surface area contributed by atoms with Gasteiger partial charge >= 0.3 is 321 Å². The van der Waals surface area contributed by atoms with Crippen LogP contribution in [-0.4, -0.2) is 18.7 Å². The minimum atomic E-state index is -0.281. The molecule has 1 atom stereocenters. The first-order valence-electron chi connectivity index (χ1n) is 24.9. The van der Waals surface area contributed by atoms with Crippen molar-refractivity contribution in [1.82, 2.24) is 18.7 Å². The zero-order chi connectivity index (χ0) is 48.8. The van der Waals surface area contributed by atoms with Gasteiger partial charge in [-0.15, -0.1) is 0 Å². The Morgan fingerprint density at radius 1 is 0.606 bits per heavy atom. The summed E-state index contributed by atoms with van der Waals surface area (Å²) in [4.78, 5) is 4.79. The fourth-order valence-electron chi connectivity index (χ4n) is 9.85. The van der Waals surface area contributed by atoms with Crippen LogP contribution in [-0.2, 0) is 36.6 Å². The topological polar surface area (TPSA) is 36.9 Å². The molecule has 3 aromatic heterocycles. The van der Waals surface area contributed by atoms with Gasteiger partial charge in [0.25, 0.3) is 0 Å². The minimum absolute atomic E-state index is 0.0235. The van der Waals surface area contributed by atoms with Crippen LogP contribution >= 0.6 is 0 Å². The molecule has 0 bridgehead atoms. The van der Waals surface area contributed by atoms with E-state index < -0.39 is 0 Å². The SMILES string of the molecule is [2H]c1c([2H])c([2H])c2c(c1[2H])c1ccc(Oc3ccc4c(c3)C(n3[c](=[Pt])n(-c5c(-c6ccccc6)cc(C(C)(C)C)cc5-c5ccccc5)c5ccccc53)CCC4)cc1n2-c1cc(C(C)(C)C)ccn1. The molecule has 0 spiro atoms. The number of pyridine rings is 1. The number of ether oxygens (including phenoxy) is 1. The van der Waals surface area contributed by atoms with Crippen molar-refractivity contribution in [3.63, 3.8) is 0 Å². The van der Waals surface area contributed by atoms with Crippen LogP contribution < -0.4 is 4.74 Å². The van der Waals surface area contributed by atoms with Gasteiger partial charge in [0.2, 0.25) is 0 Å². The van der Waals surface area contributed by atoms with Crippen LogP contribution in [0.4, 0.5) is 0 Å². The number of hydrogen-bond acceptors (Lipinski definition) is 2. The molecule has 0 N–H and O–H groups in total. The monoisotopic (exact) mass is 1050 g/mol. The summed E-state index contributed by atoms with van der Waals surface area (Å²) in [6.45, 7) is 13.3. The van der Waals surface area contributed by atoms with E-state index in [1.54, 1.807) is 6.20 Å². The summed E-state index contributed by atoms with van der Waals surface area (Å²) in [5.41, 5.74) is 13.8. The van der Waals surface area contributed by atoms with E-state index in [0.29, 0.717) is 39.1 Å². The number of para-hydroxylation sites is 3. The van der Waals surface area contributed by atoms with Gasteiger partial charge in [0, 0.05) is 6.20 Å². The second-order valence-corrected chi connectivity index (χ2v) is 20.6. The van der Waals surface area contributed by atoms with Crippen molar-refractivity contribution in [3.8, 4) is 45.3 Å². The van der Waals surface area contributed by atoms with Crippen LogP contribution in [0, 0.1) is 3.80 Å². The predicted octanol–water partition coefficient (Wildman–Crippen LogP) is 15.6. The Balaban J connectivity index is 1.07. The second-order valence-electron chi connectivity index (χ2n) is 19.6. The number of aryl methyl sites for hydroxylation is 1. The molecule has 0 amide bonds. The van der Waals surface area contributed by atoms with Gasteiger partial charge in [-0.25, -0.2) is 4.98 Å². The first-order chi connectivity index (χ1) is 33.6. The minimum Gasteiger partial charge on any atom is -0.239 e. The number of aromatic nitrogens is 4. The Bertz CT molecular complexity index is 3710. The van der Waals surface area contributed by atoms with E-state index in [-0.39, 0.29) is 41.0 Å². The van der Waals surface area contributed by atoms with Crippen molar-refractivity contribution in [2.24, 2.45) is 0 Å². The summed E-state index contributed by atoms with van der Waals surface area (Å²) in [7, 11) is 0. The van der Waals surface area contributed by atoms with E-state index in [0.717, 1.165) is 45.4 Å². The molecule has 3 heterocycles. The Labute approximate surface area is 404 Å². The molecule has 0 radical (unpaired) electrons. The van der Waals surface area contributed by atoms with Crippen LogP contribution in [0.25, 0.3) is 66.6 Å². The fourth-order valence-corrected chi connectivity index (χ4v) is 11.0. The van der Waals surface area contributed by atoms with Crippen molar-refractivity contribution >= 4 is 32.8 Å². The van der Waals surface area contributed by atoms with Gasteiger partial charge in [-0.3, -0.25) is 0 Å². The van der Waals surface area contributed by atoms with Gasteiger partial charge in [0.05, 0.1) is 5.48 Å². The molecule has 0 saturated carbocycles. The molecule has 10 aromatic rings. The Morgan fingerprint density at radius 2 is 1.24 bits per heavy atom. The van der Waals surface area contributed by atoms with E-state index in [1.165, 1.54) is 38.9 Å². The molecule has 66 heavy (non-hydrogen) atoms. The molecule has 1 aliphatic rings. The van der Waals surface area contributed by atoms with Crippen LogP contribution in [0.15, 0.2) is 176 Å². The summed E-state index contributed by atoms with van der Waals surface area (Å²) in [6.07, 6.45) is 4.75. The number of benzene rings is 7. The standard InChI is InChI=1S/C60H54N4O.Pt/c1-59(2,3)43-32-33-61-57(36-43)64-53-24-14-13-23-47(53)48-31-30-46(38-56(48)64)65-45-29-28-42-22-17-27-52(49(42)37-45)62-39-63(55-26-16-15-25-54(55)62)58-50(40-18-9-7-10-19-40)34-44(60(4,5)6)35-51(58)41-20-11-8-12-21-41;/h7-16,18-21,23-26,28-38,52H,17,22,27H2,1-6H3;/i13D,14D,23D,24D;. The normalized spacial score (nSPS) is 15.1. The zero-order valence-electron chi connectivity index (χ0n) is 42.1. The van der Waals surface area contributed by atoms with Gasteiger partial charge in [-0.1, -0.05) is 38.9 Å². The summed E-state index contributed by atoms with van der Waals surface area (Å²) < 4.78 is 50.2. The molecule has 0 saturated heterocycles. The van der Waals surface area contributed by atoms with Gasteiger partial charge in [-0.05, 0) is 29.2 Å². The average Bonchev–Trinajstić information content (AvgIpc) is 3.85. The molecular weight excluding hydrogens is 988 g/mol. The molecule has 7 aromatic carbocycles. The van der Waals surface area contributed by atoms with Crippen molar-refractivity contribution in [3.05, 3.63) is 202 Å². The third-order valence-corrected chi connectivity index (χ3v) is 14.3. The molecule has 330 valence electrons. The van der Waals surface area contributed by atoms with Crippen LogP contribution in [0.3, 0.4) is 0 Å². The summed E-state index contributed by atoms with van der Waals surface area (Å²) >= 11 is 2.57. The van der Waals surface area contributed by atoms with Crippen molar-refractivity contribution < 1.29 is 29.6 Å². The van der Waals surface area contributed by atoms with Gasteiger partial charge in [-0.2, -0.15) is 0 Å². The van der Waals surface area contributed by atoms with Gasteiger partial charge in [0.15, 0.2) is 0 Å². The Kier molecular flexibility index (Phi) is 9.36. The van der Waals surface area contributed by atoms with Crippen molar-refractivity contribution in [2.45, 2.75) is 77.7 Å². The smallest absolute Gasteiger partial charge is 0.239 e. The van der Waals surface area contributed by atoms with Crippen LogP contribution in [0.1, 0.15) is 88.2 Å². The molecule has 6 heteroatoms. The summed E-state index contributed by atoms with van der Waals surface area (Å²) in [5.74, 6) is 1.87. The van der Waals surface area contributed by atoms with E-state index in [2.05, 4.69) is 185 Å². The molecule has 5 nitrogen and oxygen atoms in total. The van der Waals surface area contributed by atoms with Crippen LogP contribution in [0.2, 0.25) is 0 Å². The maximum absolute atomic E-state index is 9.11. The third-order valence-electron chi connectivity index (χ3n) is 13.3. The number of fused-ring (bicyclic) bond motifs is 5. The Hall–Kier alpha value is -6.55. The van der Waals surface area contributed by atoms with Crippen molar-refractivity contribution in [2.75, 3.05) is 0 Å². The van der Waals surface area contributed by atoms with E-state index in [1.807, 2.05) is 34.9 Å². The quantitative estimate of drug-likeness (QED) is 0.159. The third kappa shape index (κ3) is 7.38. The molecule has 1 unspecified atom stereocenters. The fraction of sp³-hybridized carbons (Fsp3) is 0.200. The summed E-state index contributed by atoms with van der Waals surface area (Å²) in [6, 6.07) is 50.8. The maximum atomic E-state index is 9.11. The van der Waals surface area contributed by atoms with Crippen LogP contribution in [0.5, 0.6) is 11.5 Å². The first-order valence-corrected chi connectivity index (χ1v) is 24.0. The average molecular weight is 1050 g/mol. The zero-order valence-corrected chi connectivity index (χ0v) is 40.4. The molecule has 11 rings (SSSR count). The first kappa shape index (κ1) is 37.6. The summed E-state index contributed by atoms with van der Waals surface area (Å²) in [5, 5.41) is 1.15.